The van der Waals surface area contributed by atoms with Crippen LogP contribution in [0.15, 0.2) is 24.3 Å². The lowest BCUT2D eigenvalue weighted by Crippen LogP contribution is -2.24. The van der Waals surface area contributed by atoms with Gasteiger partial charge < -0.3 is 5.11 Å². The molecular formula is C10H12FIO3S. The predicted octanol–water partition coefficient (Wildman–Crippen LogP) is 2.05. The summed E-state index contributed by atoms with van der Waals surface area (Å²) in [5.74, 6) is -0.446. The summed E-state index contributed by atoms with van der Waals surface area (Å²) in [6.45, 7) is 1.53. The van der Waals surface area contributed by atoms with Gasteiger partial charge in [-0.1, -0.05) is 41.6 Å². The molecule has 0 aliphatic carbocycles. The normalized spacial score (nSPS) is 15.8. The first-order valence-electron chi connectivity index (χ1n) is 4.67. The molecule has 1 aromatic carbocycles. The van der Waals surface area contributed by atoms with Gasteiger partial charge in [0, 0.05) is 5.75 Å². The SMILES string of the molecule is CCS(=O)(=O)[C@H](I)[C@@H](O)c1ccc(F)cc1. The van der Waals surface area contributed by atoms with Gasteiger partial charge in [-0.3, -0.25) is 0 Å². The Balaban J connectivity index is 2.94. The fourth-order valence-corrected chi connectivity index (χ4v) is 3.53. The predicted molar refractivity (Wildman–Crippen MR) is 68.6 cm³/mol. The fraction of sp³-hybridized carbons (Fsp3) is 0.400. The Morgan fingerprint density at radius 1 is 1.38 bits per heavy atom. The summed E-state index contributed by atoms with van der Waals surface area (Å²) in [7, 11) is -3.31. The van der Waals surface area contributed by atoms with Crippen LogP contribution in [0.25, 0.3) is 0 Å². The van der Waals surface area contributed by atoms with Crippen LogP contribution >= 0.6 is 22.6 Å². The molecule has 2 atom stereocenters. The van der Waals surface area contributed by atoms with E-state index < -0.39 is 25.0 Å². The topological polar surface area (TPSA) is 54.4 Å². The second kappa shape index (κ2) is 5.42. The number of alkyl halides is 1. The van der Waals surface area contributed by atoms with Gasteiger partial charge in [-0.25, -0.2) is 12.8 Å². The number of aliphatic hydroxyl groups is 1. The molecule has 0 fully saturated rings. The summed E-state index contributed by atoms with van der Waals surface area (Å²) in [5, 5.41) is 9.84. The monoisotopic (exact) mass is 358 g/mol. The lowest BCUT2D eigenvalue weighted by atomic mass is 10.1. The molecule has 16 heavy (non-hydrogen) atoms. The van der Waals surface area contributed by atoms with Crippen LogP contribution in [-0.2, 0) is 9.84 Å². The summed E-state index contributed by atoms with van der Waals surface area (Å²) in [4.78, 5) is 0. The minimum absolute atomic E-state index is 0.0289. The van der Waals surface area contributed by atoms with Crippen molar-refractivity contribution in [3.05, 3.63) is 35.6 Å². The Bertz CT molecular complexity index is 444. The molecule has 0 saturated carbocycles. The van der Waals surface area contributed by atoms with Gasteiger partial charge in [0.1, 0.15) is 15.2 Å². The molecule has 0 unspecified atom stereocenters. The van der Waals surface area contributed by atoms with Crippen molar-refractivity contribution in [3.8, 4) is 0 Å². The average Bonchev–Trinajstić information content (AvgIpc) is 2.28. The Kier molecular flexibility index (Phi) is 4.69. The zero-order valence-electron chi connectivity index (χ0n) is 8.60. The van der Waals surface area contributed by atoms with Crippen molar-refractivity contribution in [2.24, 2.45) is 0 Å². The molecule has 3 nitrogen and oxygen atoms in total. The van der Waals surface area contributed by atoms with E-state index in [4.69, 9.17) is 0 Å². The molecule has 90 valence electrons. The van der Waals surface area contributed by atoms with Gasteiger partial charge in [-0.15, -0.1) is 0 Å². The fourth-order valence-electron chi connectivity index (χ4n) is 1.17. The highest BCUT2D eigenvalue weighted by molar-refractivity contribution is 14.1. The Hall–Kier alpha value is -0.210. The molecular weight excluding hydrogens is 346 g/mol. The maximum Gasteiger partial charge on any atom is 0.164 e. The van der Waals surface area contributed by atoms with Gasteiger partial charge >= 0.3 is 0 Å². The number of rotatable bonds is 4. The molecule has 1 N–H and O–H groups in total. The van der Waals surface area contributed by atoms with E-state index in [1.807, 2.05) is 0 Å². The van der Waals surface area contributed by atoms with Gasteiger partial charge in [0.15, 0.2) is 9.84 Å². The Morgan fingerprint density at radius 3 is 2.31 bits per heavy atom. The molecule has 0 saturated heterocycles. The number of benzene rings is 1. The van der Waals surface area contributed by atoms with Crippen molar-refractivity contribution >= 4 is 32.4 Å². The van der Waals surface area contributed by atoms with Crippen LogP contribution in [0.3, 0.4) is 0 Å². The van der Waals surface area contributed by atoms with Crippen LogP contribution in [-0.4, -0.2) is 22.5 Å². The highest BCUT2D eigenvalue weighted by Gasteiger charge is 2.29. The van der Waals surface area contributed by atoms with Crippen molar-refractivity contribution in [2.45, 2.75) is 16.3 Å². The van der Waals surface area contributed by atoms with Crippen molar-refractivity contribution in [2.75, 3.05) is 5.75 Å². The van der Waals surface area contributed by atoms with Crippen LogP contribution in [0.1, 0.15) is 18.6 Å². The molecule has 6 heteroatoms. The highest BCUT2D eigenvalue weighted by Crippen LogP contribution is 2.27. The van der Waals surface area contributed by atoms with E-state index in [0.29, 0.717) is 5.56 Å². The van der Waals surface area contributed by atoms with E-state index in [1.165, 1.54) is 31.2 Å². The first kappa shape index (κ1) is 13.9. The van der Waals surface area contributed by atoms with E-state index in [2.05, 4.69) is 0 Å². The molecule has 1 rings (SSSR count). The van der Waals surface area contributed by atoms with Crippen LogP contribution in [0.5, 0.6) is 0 Å². The summed E-state index contributed by atoms with van der Waals surface area (Å²) in [6, 6.07) is 5.16. The van der Waals surface area contributed by atoms with E-state index in [1.54, 1.807) is 22.6 Å². The minimum Gasteiger partial charge on any atom is -0.386 e. The quantitative estimate of drug-likeness (QED) is 0.662. The maximum absolute atomic E-state index is 12.6. The first-order chi connectivity index (χ1) is 7.38. The number of halogens is 2. The van der Waals surface area contributed by atoms with Crippen LogP contribution < -0.4 is 0 Å². The van der Waals surface area contributed by atoms with Crippen molar-refractivity contribution in [1.82, 2.24) is 0 Å². The second-order valence-corrected chi connectivity index (χ2v) is 7.90. The molecule has 1 aromatic rings. The van der Waals surface area contributed by atoms with Crippen molar-refractivity contribution < 1.29 is 17.9 Å². The van der Waals surface area contributed by atoms with Gasteiger partial charge in [-0.05, 0) is 17.7 Å². The van der Waals surface area contributed by atoms with Crippen molar-refractivity contribution in [1.29, 1.82) is 0 Å². The average molecular weight is 358 g/mol. The van der Waals surface area contributed by atoms with Crippen molar-refractivity contribution in [3.63, 3.8) is 0 Å². The first-order valence-corrected chi connectivity index (χ1v) is 7.63. The zero-order chi connectivity index (χ0) is 12.3. The molecule has 0 aromatic heterocycles. The Morgan fingerprint density at radius 2 is 1.88 bits per heavy atom. The number of hydrogen-bond donors (Lipinski definition) is 1. The summed E-state index contributed by atoms with van der Waals surface area (Å²) in [5.41, 5.74) is 0.401. The standard InChI is InChI=1S/C10H12FIO3S/c1-2-16(14,15)10(12)9(13)7-3-5-8(11)6-4-7/h3-6,9-10,13H,2H2,1H3/t9-,10-/m0/s1. The second-order valence-electron chi connectivity index (χ2n) is 3.30. The third-order valence-electron chi connectivity index (χ3n) is 2.21. The molecule has 0 radical (unpaired) electrons. The molecule has 0 spiro atoms. The van der Waals surface area contributed by atoms with Crippen LogP contribution in [0, 0.1) is 5.82 Å². The van der Waals surface area contributed by atoms with E-state index in [0.717, 1.165) is 0 Å². The van der Waals surface area contributed by atoms with Gasteiger partial charge in [0.2, 0.25) is 0 Å². The highest BCUT2D eigenvalue weighted by atomic mass is 127. The Labute approximate surface area is 108 Å². The third-order valence-corrected chi connectivity index (χ3v) is 6.96. The zero-order valence-corrected chi connectivity index (χ0v) is 11.6. The van der Waals surface area contributed by atoms with Crippen LogP contribution in [0.2, 0.25) is 0 Å². The summed E-state index contributed by atoms with van der Waals surface area (Å²) < 4.78 is 34.8. The molecule has 0 amide bonds. The van der Waals surface area contributed by atoms with Gasteiger partial charge in [0.25, 0.3) is 0 Å². The molecule has 0 aliphatic heterocycles. The number of hydrogen-bond acceptors (Lipinski definition) is 3. The lowest BCUT2D eigenvalue weighted by Gasteiger charge is -2.17. The van der Waals surface area contributed by atoms with Crippen LogP contribution in [0.4, 0.5) is 4.39 Å². The summed E-state index contributed by atoms with van der Waals surface area (Å²) >= 11 is 1.69. The van der Waals surface area contributed by atoms with E-state index in [9.17, 15) is 17.9 Å². The largest absolute Gasteiger partial charge is 0.386 e. The van der Waals surface area contributed by atoms with Gasteiger partial charge in [-0.2, -0.15) is 0 Å². The smallest absolute Gasteiger partial charge is 0.164 e. The maximum atomic E-state index is 12.6. The van der Waals surface area contributed by atoms with Gasteiger partial charge in [0.05, 0.1) is 0 Å². The van der Waals surface area contributed by atoms with E-state index >= 15 is 0 Å². The number of sulfone groups is 1. The lowest BCUT2D eigenvalue weighted by molar-refractivity contribution is 0.197. The van der Waals surface area contributed by atoms with E-state index in [-0.39, 0.29) is 5.75 Å². The summed E-state index contributed by atoms with van der Waals surface area (Å²) in [6.07, 6.45) is -1.13. The number of aliphatic hydroxyl groups excluding tert-OH is 1. The molecule has 0 bridgehead atoms. The minimum atomic E-state index is -3.31. The third kappa shape index (κ3) is 3.14. The molecule has 0 aliphatic rings. The molecule has 0 heterocycles.